The summed E-state index contributed by atoms with van der Waals surface area (Å²) in [4.78, 5) is 18.9. The molecule has 0 amide bonds. The summed E-state index contributed by atoms with van der Waals surface area (Å²) in [6.45, 7) is 0. The van der Waals surface area contributed by atoms with Crippen molar-refractivity contribution >= 4 is 12.2 Å². The molecular formula is C20H20N4O4. The number of methoxy groups -OCH3 is 3. The van der Waals surface area contributed by atoms with E-state index >= 15 is 0 Å². The van der Waals surface area contributed by atoms with E-state index < -0.39 is 0 Å². The maximum atomic E-state index is 11.9. The summed E-state index contributed by atoms with van der Waals surface area (Å²) >= 11 is 0. The first-order valence-corrected chi connectivity index (χ1v) is 8.40. The maximum absolute atomic E-state index is 11.9. The molecule has 8 nitrogen and oxygen atoms in total. The van der Waals surface area contributed by atoms with Gasteiger partial charge in [-0.1, -0.05) is 30.3 Å². The van der Waals surface area contributed by atoms with Crippen molar-refractivity contribution in [1.82, 2.24) is 9.97 Å². The van der Waals surface area contributed by atoms with Crippen molar-refractivity contribution in [3.05, 3.63) is 64.4 Å². The van der Waals surface area contributed by atoms with Crippen LogP contribution in [0.25, 0.3) is 11.3 Å². The molecule has 0 aliphatic rings. The topological polar surface area (TPSA) is 97.8 Å². The molecule has 0 atom stereocenters. The number of aromatic nitrogens is 2. The molecule has 0 bridgehead atoms. The van der Waals surface area contributed by atoms with Gasteiger partial charge in [-0.15, -0.1) is 0 Å². The second kappa shape index (κ2) is 8.72. The van der Waals surface area contributed by atoms with Gasteiger partial charge in [0.25, 0.3) is 5.56 Å². The Labute approximate surface area is 161 Å². The molecule has 2 N–H and O–H groups in total. The van der Waals surface area contributed by atoms with Gasteiger partial charge in [0.05, 0.1) is 33.2 Å². The number of anilines is 1. The molecule has 0 saturated carbocycles. The van der Waals surface area contributed by atoms with Crippen LogP contribution in [0.2, 0.25) is 0 Å². The minimum atomic E-state index is -0.278. The van der Waals surface area contributed by atoms with E-state index in [9.17, 15) is 4.79 Å². The van der Waals surface area contributed by atoms with Gasteiger partial charge in [-0.2, -0.15) is 5.10 Å². The van der Waals surface area contributed by atoms with Gasteiger partial charge >= 0.3 is 0 Å². The molecule has 0 aliphatic carbocycles. The van der Waals surface area contributed by atoms with E-state index in [0.29, 0.717) is 28.5 Å². The van der Waals surface area contributed by atoms with Crippen molar-refractivity contribution in [3.63, 3.8) is 0 Å². The number of hydrazone groups is 1. The number of nitrogens with zero attached hydrogens (tertiary/aromatic N) is 2. The maximum Gasteiger partial charge on any atom is 0.252 e. The van der Waals surface area contributed by atoms with E-state index in [1.54, 1.807) is 32.6 Å². The van der Waals surface area contributed by atoms with E-state index in [1.807, 2.05) is 30.3 Å². The lowest BCUT2D eigenvalue weighted by Crippen LogP contribution is -2.10. The monoisotopic (exact) mass is 380 g/mol. The van der Waals surface area contributed by atoms with Crippen LogP contribution in [-0.4, -0.2) is 37.5 Å². The largest absolute Gasteiger partial charge is 0.493 e. The second-order valence-corrected chi connectivity index (χ2v) is 5.67. The van der Waals surface area contributed by atoms with Crippen molar-refractivity contribution < 1.29 is 14.2 Å². The summed E-state index contributed by atoms with van der Waals surface area (Å²) in [5.74, 6) is 1.76. The average molecular weight is 380 g/mol. The lowest BCUT2D eigenvalue weighted by atomic mass is 10.1. The standard InChI is InChI=1S/C20H20N4O4/c1-26-16-9-13(10-17(27-2)19(16)28-3)12-21-24-20-22-15(11-18(25)23-20)14-7-5-4-6-8-14/h4-12H,1-3H3,(H2,22,23,24,25)/b21-12+. The number of hydrogen-bond acceptors (Lipinski definition) is 7. The first-order chi connectivity index (χ1) is 13.6. The van der Waals surface area contributed by atoms with Crippen molar-refractivity contribution in [2.75, 3.05) is 26.8 Å². The Morgan fingerprint density at radius 1 is 1.00 bits per heavy atom. The van der Waals surface area contributed by atoms with Gasteiger partial charge in [-0.25, -0.2) is 10.4 Å². The van der Waals surface area contributed by atoms with Crippen LogP contribution in [0.5, 0.6) is 17.2 Å². The molecule has 144 valence electrons. The zero-order chi connectivity index (χ0) is 19.9. The highest BCUT2D eigenvalue weighted by atomic mass is 16.5. The van der Waals surface area contributed by atoms with Gasteiger partial charge < -0.3 is 14.2 Å². The van der Waals surface area contributed by atoms with E-state index in [-0.39, 0.29) is 11.5 Å². The minimum absolute atomic E-state index is 0.232. The van der Waals surface area contributed by atoms with Gasteiger partial charge in [-0.3, -0.25) is 9.78 Å². The highest BCUT2D eigenvalue weighted by Crippen LogP contribution is 2.37. The third-order valence-corrected chi connectivity index (χ3v) is 3.88. The van der Waals surface area contributed by atoms with Crippen LogP contribution < -0.4 is 25.2 Å². The fourth-order valence-electron chi connectivity index (χ4n) is 2.61. The predicted molar refractivity (Wildman–Crippen MR) is 108 cm³/mol. The van der Waals surface area contributed by atoms with E-state index in [0.717, 1.165) is 5.56 Å². The predicted octanol–water partition coefficient (Wildman–Crippen LogP) is 2.91. The molecule has 0 unspecified atom stereocenters. The van der Waals surface area contributed by atoms with Gasteiger partial charge in [0, 0.05) is 17.2 Å². The van der Waals surface area contributed by atoms with E-state index in [2.05, 4.69) is 20.5 Å². The Bertz CT molecular complexity index is 1010. The summed E-state index contributed by atoms with van der Waals surface area (Å²) in [7, 11) is 4.62. The summed E-state index contributed by atoms with van der Waals surface area (Å²) in [6, 6.07) is 14.4. The molecule has 0 spiro atoms. The zero-order valence-electron chi connectivity index (χ0n) is 15.7. The number of H-pyrrole nitrogens is 1. The molecule has 3 rings (SSSR count). The molecule has 0 fully saturated rings. The smallest absolute Gasteiger partial charge is 0.252 e. The number of aromatic amines is 1. The van der Waals surface area contributed by atoms with Crippen molar-refractivity contribution in [2.24, 2.45) is 5.10 Å². The van der Waals surface area contributed by atoms with E-state index in [1.165, 1.54) is 13.2 Å². The highest BCUT2D eigenvalue weighted by molar-refractivity contribution is 5.82. The second-order valence-electron chi connectivity index (χ2n) is 5.67. The molecule has 0 aliphatic heterocycles. The Hall–Kier alpha value is -3.81. The lowest BCUT2D eigenvalue weighted by Gasteiger charge is -2.12. The molecule has 8 heteroatoms. The first kappa shape index (κ1) is 19.0. The normalized spacial score (nSPS) is 10.7. The van der Waals surface area contributed by atoms with Crippen LogP contribution in [0.3, 0.4) is 0 Å². The van der Waals surface area contributed by atoms with Crippen LogP contribution in [0, 0.1) is 0 Å². The molecule has 0 radical (unpaired) electrons. The van der Waals surface area contributed by atoms with Crippen LogP contribution in [0.1, 0.15) is 5.56 Å². The summed E-state index contributed by atoms with van der Waals surface area (Å²) in [5, 5.41) is 4.13. The zero-order valence-corrected chi connectivity index (χ0v) is 15.7. The fraction of sp³-hybridized carbons (Fsp3) is 0.150. The summed E-state index contributed by atoms with van der Waals surface area (Å²) < 4.78 is 15.9. The van der Waals surface area contributed by atoms with Gasteiger partial charge in [0.1, 0.15) is 0 Å². The van der Waals surface area contributed by atoms with Crippen molar-refractivity contribution in [1.29, 1.82) is 0 Å². The quantitative estimate of drug-likeness (QED) is 0.483. The third kappa shape index (κ3) is 4.29. The molecular weight excluding hydrogens is 360 g/mol. The number of ether oxygens (including phenoxy) is 3. The minimum Gasteiger partial charge on any atom is -0.493 e. The SMILES string of the molecule is COc1cc(/C=N/Nc2nc(-c3ccccc3)cc(=O)[nH]2)cc(OC)c1OC. The fourth-order valence-corrected chi connectivity index (χ4v) is 2.61. The number of hydrogen-bond donors (Lipinski definition) is 2. The molecule has 28 heavy (non-hydrogen) atoms. The molecule has 3 aromatic rings. The van der Waals surface area contributed by atoms with Crippen LogP contribution >= 0.6 is 0 Å². The van der Waals surface area contributed by atoms with Gasteiger partial charge in [-0.05, 0) is 12.1 Å². The van der Waals surface area contributed by atoms with Crippen LogP contribution in [0.15, 0.2) is 58.4 Å². The molecule has 1 aromatic heterocycles. The number of benzene rings is 2. The Morgan fingerprint density at radius 2 is 1.68 bits per heavy atom. The van der Waals surface area contributed by atoms with Crippen LogP contribution in [-0.2, 0) is 0 Å². The third-order valence-electron chi connectivity index (χ3n) is 3.88. The molecule has 0 saturated heterocycles. The molecule has 1 heterocycles. The van der Waals surface area contributed by atoms with Crippen molar-refractivity contribution in [3.8, 4) is 28.5 Å². The Kier molecular flexibility index (Phi) is 5.91. The van der Waals surface area contributed by atoms with Crippen LogP contribution in [0.4, 0.5) is 5.95 Å². The van der Waals surface area contributed by atoms with Crippen molar-refractivity contribution in [2.45, 2.75) is 0 Å². The number of rotatable bonds is 7. The van der Waals surface area contributed by atoms with E-state index in [4.69, 9.17) is 14.2 Å². The van der Waals surface area contributed by atoms with Gasteiger partial charge in [0.2, 0.25) is 11.7 Å². The Morgan fingerprint density at radius 3 is 2.29 bits per heavy atom. The van der Waals surface area contributed by atoms with Gasteiger partial charge in [0.15, 0.2) is 11.5 Å². The number of nitrogens with one attached hydrogen (secondary N) is 2. The molecule has 2 aromatic carbocycles. The summed E-state index contributed by atoms with van der Waals surface area (Å²) in [5.41, 5.74) is 4.56. The lowest BCUT2D eigenvalue weighted by molar-refractivity contribution is 0.324. The highest BCUT2D eigenvalue weighted by Gasteiger charge is 2.12. The summed E-state index contributed by atoms with van der Waals surface area (Å²) in [6.07, 6.45) is 1.56. The average Bonchev–Trinajstić information content (AvgIpc) is 2.73. The first-order valence-electron chi connectivity index (χ1n) is 8.40. The Balaban J connectivity index is 1.84.